The zero-order chi connectivity index (χ0) is 14.9. The summed E-state index contributed by atoms with van der Waals surface area (Å²) in [6.07, 6.45) is 1.11. The van der Waals surface area contributed by atoms with Crippen molar-refractivity contribution in [3.05, 3.63) is 28.4 Å². The third-order valence-corrected chi connectivity index (χ3v) is 4.11. The highest BCUT2D eigenvalue weighted by Crippen LogP contribution is 2.26. The number of hydrogen-bond acceptors (Lipinski definition) is 6. The summed E-state index contributed by atoms with van der Waals surface area (Å²) >= 11 is 0. The van der Waals surface area contributed by atoms with E-state index in [1.807, 2.05) is 0 Å². The molecule has 108 valence electrons. The Morgan fingerprint density at radius 3 is 2.70 bits per heavy atom. The molecule has 1 aliphatic heterocycles. The van der Waals surface area contributed by atoms with Gasteiger partial charge in [-0.1, -0.05) is 0 Å². The molecule has 0 saturated carbocycles. The van der Waals surface area contributed by atoms with Crippen molar-refractivity contribution in [1.29, 1.82) is 0 Å². The first-order valence-electron chi connectivity index (χ1n) is 5.59. The fraction of sp³-hybridized carbons (Fsp3) is 0.400. The average Bonchev–Trinajstić information content (AvgIpc) is 2.67. The van der Waals surface area contributed by atoms with Gasteiger partial charge in [0, 0.05) is 35.6 Å². The summed E-state index contributed by atoms with van der Waals surface area (Å²) in [5.74, 6) is -0.710. The van der Waals surface area contributed by atoms with E-state index in [0.717, 1.165) is 6.20 Å². The molecule has 1 aromatic rings. The Bertz CT molecular complexity index is 645. The van der Waals surface area contributed by atoms with Crippen molar-refractivity contribution in [1.82, 2.24) is 4.98 Å². The van der Waals surface area contributed by atoms with Crippen molar-refractivity contribution in [2.24, 2.45) is 5.92 Å². The molecule has 0 bridgehead atoms. The number of hydrogen-bond donors (Lipinski definition) is 0. The van der Waals surface area contributed by atoms with Crippen LogP contribution in [-0.2, 0) is 13.8 Å². The van der Waals surface area contributed by atoms with Crippen LogP contribution in [0.1, 0.15) is 6.42 Å². The van der Waals surface area contributed by atoms with E-state index in [0.29, 0.717) is 0 Å². The Kier molecular flexibility index (Phi) is 3.91. The summed E-state index contributed by atoms with van der Waals surface area (Å²) in [5.41, 5.74) is -0.180. The lowest BCUT2D eigenvalue weighted by atomic mass is 10.1. The summed E-state index contributed by atoms with van der Waals surface area (Å²) in [7, 11) is 1.49. The molecule has 1 aromatic heterocycles. The second-order valence-electron chi connectivity index (χ2n) is 4.41. The third-order valence-electron chi connectivity index (χ3n) is 2.86. The van der Waals surface area contributed by atoms with Crippen LogP contribution in [-0.4, -0.2) is 36.5 Å². The van der Waals surface area contributed by atoms with Crippen LogP contribution < -0.4 is 4.90 Å². The van der Waals surface area contributed by atoms with Gasteiger partial charge in [-0.05, 0) is 6.07 Å². The average molecular weight is 320 g/mol. The molecule has 20 heavy (non-hydrogen) atoms. The van der Waals surface area contributed by atoms with Crippen molar-refractivity contribution in [2.75, 3.05) is 17.2 Å². The van der Waals surface area contributed by atoms with Gasteiger partial charge in [0.25, 0.3) is 5.69 Å². The molecule has 2 heterocycles. The lowest BCUT2D eigenvalue weighted by Crippen LogP contribution is -2.26. The van der Waals surface area contributed by atoms with Crippen LogP contribution >= 0.6 is 10.7 Å². The van der Waals surface area contributed by atoms with Crippen LogP contribution in [0.15, 0.2) is 18.3 Å². The van der Waals surface area contributed by atoms with Crippen LogP contribution in [0, 0.1) is 16.0 Å². The first kappa shape index (κ1) is 14.7. The number of nitro groups is 1. The second-order valence-corrected chi connectivity index (χ2v) is 7.23. The Morgan fingerprint density at radius 1 is 1.50 bits per heavy atom. The summed E-state index contributed by atoms with van der Waals surface area (Å²) < 4.78 is 22.0. The van der Waals surface area contributed by atoms with Gasteiger partial charge in [-0.15, -0.1) is 0 Å². The number of amides is 1. The van der Waals surface area contributed by atoms with E-state index in [2.05, 4.69) is 4.98 Å². The molecule has 1 amide bonds. The quantitative estimate of drug-likeness (QED) is 0.463. The Hall–Kier alpha value is -1.74. The van der Waals surface area contributed by atoms with Gasteiger partial charge in [-0.3, -0.25) is 19.8 Å². The Morgan fingerprint density at radius 2 is 2.20 bits per heavy atom. The third kappa shape index (κ3) is 3.42. The molecule has 0 radical (unpaired) electrons. The maximum atomic E-state index is 11.8. The predicted molar refractivity (Wildman–Crippen MR) is 71.0 cm³/mol. The molecule has 8 nitrogen and oxygen atoms in total. The van der Waals surface area contributed by atoms with Gasteiger partial charge in [-0.2, -0.15) is 0 Å². The van der Waals surface area contributed by atoms with Crippen molar-refractivity contribution in [2.45, 2.75) is 6.42 Å². The Balaban J connectivity index is 2.13. The molecule has 1 atom stereocenters. The monoisotopic (exact) mass is 319 g/mol. The van der Waals surface area contributed by atoms with Crippen LogP contribution in [0.5, 0.6) is 0 Å². The van der Waals surface area contributed by atoms with E-state index in [-0.39, 0.29) is 36.1 Å². The molecule has 1 fully saturated rings. The van der Waals surface area contributed by atoms with Gasteiger partial charge in [0.1, 0.15) is 12.0 Å². The van der Waals surface area contributed by atoms with E-state index in [1.165, 1.54) is 17.0 Å². The number of carbonyl (C=O) groups is 1. The first-order valence-corrected chi connectivity index (χ1v) is 8.07. The summed E-state index contributed by atoms with van der Waals surface area (Å²) in [6.45, 7) is 0.176. The van der Waals surface area contributed by atoms with Crippen molar-refractivity contribution in [3.8, 4) is 0 Å². The van der Waals surface area contributed by atoms with E-state index in [1.54, 1.807) is 0 Å². The van der Waals surface area contributed by atoms with Crippen molar-refractivity contribution in [3.63, 3.8) is 0 Å². The molecule has 10 heteroatoms. The van der Waals surface area contributed by atoms with Gasteiger partial charge in [0.15, 0.2) is 0 Å². The lowest BCUT2D eigenvalue weighted by Gasteiger charge is -2.14. The van der Waals surface area contributed by atoms with E-state index in [9.17, 15) is 23.3 Å². The highest BCUT2D eigenvalue weighted by Gasteiger charge is 2.33. The fourth-order valence-corrected chi connectivity index (χ4v) is 3.36. The molecule has 0 N–H and O–H groups in total. The molecule has 1 aliphatic rings. The second kappa shape index (κ2) is 5.33. The van der Waals surface area contributed by atoms with E-state index < -0.39 is 19.9 Å². The number of halogens is 1. The maximum absolute atomic E-state index is 11.8. The van der Waals surface area contributed by atoms with Crippen LogP contribution in [0.3, 0.4) is 0 Å². The van der Waals surface area contributed by atoms with Crippen molar-refractivity contribution < 1.29 is 18.1 Å². The lowest BCUT2D eigenvalue weighted by molar-refractivity contribution is -0.385. The summed E-state index contributed by atoms with van der Waals surface area (Å²) in [6, 6.07) is 2.59. The minimum atomic E-state index is -3.67. The molecule has 0 aromatic carbocycles. The van der Waals surface area contributed by atoms with Gasteiger partial charge >= 0.3 is 0 Å². The van der Waals surface area contributed by atoms with Gasteiger partial charge in [0.05, 0.1) is 10.7 Å². The highest BCUT2D eigenvalue weighted by molar-refractivity contribution is 8.13. The largest absolute Gasteiger partial charge is 0.296 e. The number of aromatic nitrogens is 1. The highest BCUT2D eigenvalue weighted by atomic mass is 35.7. The number of anilines is 1. The van der Waals surface area contributed by atoms with Crippen LogP contribution in [0.25, 0.3) is 0 Å². The van der Waals surface area contributed by atoms with Crippen molar-refractivity contribution >= 4 is 37.1 Å². The molecule has 2 rings (SSSR count). The minimum Gasteiger partial charge on any atom is -0.296 e. The Labute approximate surface area is 118 Å². The first-order chi connectivity index (χ1) is 9.26. The standard InChI is InChI=1S/C10H10ClN3O5S/c11-20(18,19)6-7-3-10(15)13(5-7)9-2-1-8(4-12-9)14(16)17/h1-2,4,7H,3,5-6H2. The van der Waals surface area contributed by atoms with Gasteiger partial charge in [-0.25, -0.2) is 13.4 Å². The molecular formula is C10H10ClN3O5S. The molecule has 1 saturated heterocycles. The molecule has 0 spiro atoms. The van der Waals surface area contributed by atoms with Gasteiger partial charge in [0.2, 0.25) is 15.0 Å². The van der Waals surface area contributed by atoms with E-state index >= 15 is 0 Å². The van der Waals surface area contributed by atoms with Crippen LogP contribution in [0.2, 0.25) is 0 Å². The number of rotatable bonds is 4. The molecule has 0 aliphatic carbocycles. The summed E-state index contributed by atoms with van der Waals surface area (Å²) in [5, 5.41) is 10.5. The summed E-state index contributed by atoms with van der Waals surface area (Å²) in [4.78, 5) is 26.9. The maximum Gasteiger partial charge on any atom is 0.287 e. The fourth-order valence-electron chi connectivity index (χ4n) is 2.04. The molecule has 1 unspecified atom stereocenters. The smallest absolute Gasteiger partial charge is 0.287 e. The topological polar surface area (TPSA) is 110 Å². The molecular weight excluding hydrogens is 310 g/mol. The van der Waals surface area contributed by atoms with Gasteiger partial charge < -0.3 is 0 Å². The zero-order valence-electron chi connectivity index (χ0n) is 10.1. The van der Waals surface area contributed by atoms with Crippen LogP contribution in [0.4, 0.5) is 11.5 Å². The number of carbonyl (C=O) groups excluding carboxylic acids is 1. The predicted octanol–water partition coefficient (Wildman–Crippen LogP) is 0.911. The normalized spacial score (nSPS) is 19.4. The SMILES string of the molecule is O=C1CC(CS(=O)(=O)Cl)CN1c1ccc([N+](=O)[O-])cn1. The zero-order valence-corrected chi connectivity index (χ0v) is 11.7. The van der Waals surface area contributed by atoms with E-state index in [4.69, 9.17) is 10.7 Å². The number of nitrogens with zero attached hydrogens (tertiary/aromatic N) is 3. The minimum absolute atomic E-state index is 0.0601. The number of pyridine rings is 1.